The Morgan fingerprint density at radius 1 is 1.38 bits per heavy atom. The molecular formula is C20H24N4O2. The second-order valence-corrected chi connectivity index (χ2v) is 6.83. The molecule has 136 valence electrons. The maximum absolute atomic E-state index is 11.9. The number of aromatic nitrogens is 2. The standard InChI is InChI=1S/C20H24N4O2/c1-3-24-12-14(10-22-24)20-17(8-9-19(25)23-20)21-11-16-13(2)26-18-7-5-4-6-15(16)18/h4-7,10,12,17,20-21H,3,8-9,11H2,1-2H3,(H,23,25)/t17-,20+/m1/s1. The van der Waals surface area contributed by atoms with Gasteiger partial charge in [-0.1, -0.05) is 18.2 Å². The van der Waals surface area contributed by atoms with Gasteiger partial charge >= 0.3 is 0 Å². The summed E-state index contributed by atoms with van der Waals surface area (Å²) < 4.78 is 7.75. The van der Waals surface area contributed by atoms with Gasteiger partial charge in [-0.25, -0.2) is 0 Å². The molecular weight excluding hydrogens is 328 g/mol. The number of carbonyl (C=O) groups excluding carboxylic acids is 1. The van der Waals surface area contributed by atoms with Crippen molar-refractivity contribution in [3.8, 4) is 0 Å². The zero-order valence-electron chi connectivity index (χ0n) is 15.2. The van der Waals surface area contributed by atoms with E-state index < -0.39 is 0 Å². The van der Waals surface area contributed by atoms with Gasteiger partial charge in [0.25, 0.3) is 0 Å². The number of furan rings is 1. The highest BCUT2D eigenvalue weighted by Crippen LogP contribution is 2.28. The van der Waals surface area contributed by atoms with Crippen LogP contribution in [-0.4, -0.2) is 21.7 Å². The van der Waals surface area contributed by atoms with Crippen molar-refractivity contribution in [3.63, 3.8) is 0 Å². The summed E-state index contributed by atoms with van der Waals surface area (Å²) in [6.07, 6.45) is 5.22. The molecule has 1 amide bonds. The largest absolute Gasteiger partial charge is 0.461 e. The second-order valence-electron chi connectivity index (χ2n) is 6.83. The van der Waals surface area contributed by atoms with E-state index in [-0.39, 0.29) is 18.0 Å². The number of para-hydroxylation sites is 1. The number of amides is 1. The van der Waals surface area contributed by atoms with Crippen molar-refractivity contribution >= 4 is 16.9 Å². The van der Waals surface area contributed by atoms with Gasteiger partial charge in [-0.3, -0.25) is 9.48 Å². The topological polar surface area (TPSA) is 72.1 Å². The van der Waals surface area contributed by atoms with Crippen LogP contribution >= 0.6 is 0 Å². The van der Waals surface area contributed by atoms with Crippen LogP contribution in [0.3, 0.4) is 0 Å². The Bertz CT molecular complexity index is 927. The van der Waals surface area contributed by atoms with E-state index in [4.69, 9.17) is 4.42 Å². The number of hydrogen-bond donors (Lipinski definition) is 2. The number of carbonyl (C=O) groups is 1. The summed E-state index contributed by atoms with van der Waals surface area (Å²) in [6, 6.07) is 8.21. The van der Waals surface area contributed by atoms with E-state index in [0.717, 1.165) is 35.3 Å². The number of piperidine rings is 1. The van der Waals surface area contributed by atoms with Crippen LogP contribution in [0.1, 0.15) is 42.7 Å². The fraction of sp³-hybridized carbons (Fsp3) is 0.400. The van der Waals surface area contributed by atoms with Gasteiger partial charge in [0.2, 0.25) is 5.91 Å². The molecule has 0 radical (unpaired) electrons. The van der Waals surface area contributed by atoms with Gasteiger partial charge < -0.3 is 15.1 Å². The lowest BCUT2D eigenvalue weighted by atomic mass is 9.93. The summed E-state index contributed by atoms with van der Waals surface area (Å²) >= 11 is 0. The van der Waals surface area contributed by atoms with E-state index >= 15 is 0 Å². The summed E-state index contributed by atoms with van der Waals surface area (Å²) in [7, 11) is 0. The molecule has 0 bridgehead atoms. The van der Waals surface area contributed by atoms with Crippen molar-refractivity contribution in [1.29, 1.82) is 0 Å². The summed E-state index contributed by atoms with van der Waals surface area (Å²) in [4.78, 5) is 11.9. The first kappa shape index (κ1) is 16.8. The molecule has 6 heteroatoms. The van der Waals surface area contributed by atoms with Crippen LogP contribution in [0.15, 0.2) is 41.1 Å². The highest BCUT2D eigenvalue weighted by molar-refractivity contribution is 5.82. The lowest BCUT2D eigenvalue weighted by Gasteiger charge is -2.32. The molecule has 1 saturated heterocycles. The molecule has 1 aromatic carbocycles. The number of rotatable bonds is 5. The van der Waals surface area contributed by atoms with E-state index in [1.807, 2.05) is 42.2 Å². The van der Waals surface area contributed by atoms with Crippen LogP contribution in [-0.2, 0) is 17.9 Å². The fourth-order valence-electron chi connectivity index (χ4n) is 3.72. The molecule has 1 aliphatic heterocycles. The van der Waals surface area contributed by atoms with E-state index in [0.29, 0.717) is 13.0 Å². The Kier molecular flexibility index (Phi) is 4.51. The number of hydrogen-bond acceptors (Lipinski definition) is 4. The minimum Gasteiger partial charge on any atom is -0.461 e. The molecule has 3 aromatic rings. The molecule has 2 aromatic heterocycles. The third kappa shape index (κ3) is 3.12. The lowest BCUT2D eigenvalue weighted by Crippen LogP contribution is -2.48. The van der Waals surface area contributed by atoms with Crippen LogP contribution in [0.25, 0.3) is 11.0 Å². The second kappa shape index (κ2) is 6.96. The quantitative estimate of drug-likeness (QED) is 0.740. The average molecular weight is 352 g/mol. The Labute approximate surface area is 152 Å². The summed E-state index contributed by atoms with van der Waals surface area (Å²) in [5, 5.41) is 12.3. The van der Waals surface area contributed by atoms with Crippen molar-refractivity contribution in [2.24, 2.45) is 0 Å². The molecule has 6 nitrogen and oxygen atoms in total. The highest BCUT2D eigenvalue weighted by Gasteiger charge is 2.30. The first-order valence-electron chi connectivity index (χ1n) is 9.18. The number of benzene rings is 1. The minimum atomic E-state index is -0.0602. The molecule has 2 atom stereocenters. The Hall–Kier alpha value is -2.60. The molecule has 2 N–H and O–H groups in total. The molecule has 0 aliphatic carbocycles. The zero-order chi connectivity index (χ0) is 18.1. The first-order valence-corrected chi connectivity index (χ1v) is 9.18. The minimum absolute atomic E-state index is 0.0602. The van der Waals surface area contributed by atoms with E-state index in [2.05, 4.69) is 28.7 Å². The van der Waals surface area contributed by atoms with E-state index in [1.165, 1.54) is 5.56 Å². The molecule has 0 spiro atoms. The van der Waals surface area contributed by atoms with Gasteiger partial charge in [-0.15, -0.1) is 0 Å². The van der Waals surface area contributed by atoms with Crippen LogP contribution in [0.2, 0.25) is 0 Å². The first-order chi connectivity index (χ1) is 12.7. The third-order valence-electron chi connectivity index (χ3n) is 5.18. The number of fused-ring (bicyclic) bond motifs is 1. The molecule has 3 heterocycles. The van der Waals surface area contributed by atoms with Gasteiger partial charge in [0.15, 0.2) is 0 Å². The van der Waals surface area contributed by atoms with Crippen molar-refractivity contribution in [2.75, 3.05) is 0 Å². The normalized spacial score (nSPS) is 20.5. The smallest absolute Gasteiger partial charge is 0.220 e. The Morgan fingerprint density at radius 2 is 2.23 bits per heavy atom. The van der Waals surface area contributed by atoms with Crippen LogP contribution in [0.4, 0.5) is 0 Å². The van der Waals surface area contributed by atoms with E-state index in [1.54, 1.807) is 0 Å². The third-order valence-corrected chi connectivity index (χ3v) is 5.18. The van der Waals surface area contributed by atoms with Gasteiger partial charge in [0, 0.05) is 48.3 Å². The maximum atomic E-state index is 11.9. The SMILES string of the molecule is CCn1cc([C@@H]2NC(=O)CC[C@H]2NCc2c(C)oc3ccccc23)cn1. The van der Waals surface area contributed by atoms with Crippen molar-refractivity contribution in [3.05, 3.63) is 53.5 Å². The molecule has 0 saturated carbocycles. The maximum Gasteiger partial charge on any atom is 0.220 e. The van der Waals surface area contributed by atoms with Gasteiger partial charge in [-0.05, 0) is 26.3 Å². The van der Waals surface area contributed by atoms with E-state index in [9.17, 15) is 4.79 Å². The lowest BCUT2D eigenvalue weighted by molar-refractivity contribution is -0.123. The zero-order valence-corrected chi connectivity index (χ0v) is 15.2. The monoisotopic (exact) mass is 352 g/mol. The summed E-state index contributed by atoms with van der Waals surface area (Å²) in [5.74, 6) is 1.04. The van der Waals surface area contributed by atoms with Crippen LogP contribution in [0.5, 0.6) is 0 Å². The van der Waals surface area contributed by atoms with Crippen LogP contribution in [0, 0.1) is 6.92 Å². The van der Waals surface area contributed by atoms with Crippen molar-refractivity contribution in [1.82, 2.24) is 20.4 Å². The Morgan fingerprint density at radius 3 is 3.04 bits per heavy atom. The van der Waals surface area contributed by atoms with Crippen molar-refractivity contribution in [2.45, 2.75) is 51.9 Å². The molecule has 1 aliphatic rings. The Balaban J connectivity index is 1.55. The number of nitrogens with one attached hydrogen (secondary N) is 2. The fourth-order valence-corrected chi connectivity index (χ4v) is 3.72. The number of nitrogens with zero attached hydrogens (tertiary/aromatic N) is 2. The van der Waals surface area contributed by atoms with Gasteiger partial charge in [0.1, 0.15) is 11.3 Å². The molecule has 0 unspecified atom stereocenters. The predicted octanol–water partition coefficient (Wildman–Crippen LogP) is 3.07. The summed E-state index contributed by atoms with van der Waals surface area (Å²) in [5.41, 5.74) is 3.14. The average Bonchev–Trinajstić information content (AvgIpc) is 3.24. The molecule has 26 heavy (non-hydrogen) atoms. The molecule has 1 fully saturated rings. The number of aryl methyl sites for hydroxylation is 2. The van der Waals surface area contributed by atoms with Crippen LogP contribution < -0.4 is 10.6 Å². The van der Waals surface area contributed by atoms with Gasteiger partial charge in [-0.2, -0.15) is 5.10 Å². The van der Waals surface area contributed by atoms with Gasteiger partial charge in [0.05, 0.1) is 12.2 Å². The summed E-state index contributed by atoms with van der Waals surface area (Å²) in [6.45, 7) is 5.59. The van der Waals surface area contributed by atoms with Crippen molar-refractivity contribution < 1.29 is 9.21 Å². The predicted molar refractivity (Wildman–Crippen MR) is 99.6 cm³/mol. The molecule has 4 rings (SSSR count). The highest BCUT2D eigenvalue weighted by atomic mass is 16.3.